The lowest BCUT2D eigenvalue weighted by Gasteiger charge is -2.05. The van der Waals surface area contributed by atoms with E-state index in [1.807, 2.05) is 13.0 Å². The van der Waals surface area contributed by atoms with Gasteiger partial charge in [0.1, 0.15) is 15.2 Å². The molecule has 0 bridgehead atoms. The molecular weight excluding hydrogens is 272 g/mol. The van der Waals surface area contributed by atoms with Gasteiger partial charge in [-0.3, -0.25) is 0 Å². The van der Waals surface area contributed by atoms with Crippen LogP contribution in [-0.4, -0.2) is 28.2 Å². The first-order valence-electron chi connectivity index (χ1n) is 5.67. The highest BCUT2D eigenvalue weighted by Gasteiger charge is 2.15. The number of rotatable bonds is 8. The summed E-state index contributed by atoms with van der Waals surface area (Å²) >= 11 is 0.969. The average molecular weight is 288 g/mol. The van der Waals surface area contributed by atoms with Crippen LogP contribution in [0.1, 0.15) is 24.6 Å². The lowest BCUT2D eigenvalue weighted by atomic mass is 10.4. The largest absolute Gasteiger partial charge is 0.381 e. The molecule has 1 aromatic heterocycles. The predicted octanol–water partition coefficient (Wildman–Crippen LogP) is 1.71. The molecule has 1 N–H and O–H groups in total. The zero-order valence-corrected chi connectivity index (χ0v) is 11.8. The summed E-state index contributed by atoms with van der Waals surface area (Å²) in [6.07, 6.45) is 1.59. The number of sulfonamides is 1. The smallest absolute Gasteiger partial charge is 0.250 e. The van der Waals surface area contributed by atoms with Crippen LogP contribution in [0, 0.1) is 11.3 Å². The average Bonchev–Trinajstić information content (AvgIpc) is 2.83. The summed E-state index contributed by atoms with van der Waals surface area (Å²) in [6.45, 7) is 3.60. The van der Waals surface area contributed by atoms with Crippen LogP contribution in [-0.2, 0) is 14.8 Å². The lowest BCUT2D eigenvalue weighted by Crippen LogP contribution is -2.24. The summed E-state index contributed by atoms with van der Waals surface area (Å²) in [4.78, 5) is 0.390. The molecule has 1 aromatic rings. The van der Waals surface area contributed by atoms with Crippen molar-refractivity contribution in [2.75, 3.05) is 19.8 Å². The molecule has 0 aliphatic rings. The van der Waals surface area contributed by atoms with Gasteiger partial charge >= 0.3 is 0 Å². The summed E-state index contributed by atoms with van der Waals surface area (Å²) in [5.74, 6) is 0. The molecule has 0 aromatic carbocycles. The Morgan fingerprint density at radius 3 is 2.83 bits per heavy atom. The third-order valence-electron chi connectivity index (χ3n) is 2.06. The van der Waals surface area contributed by atoms with Crippen molar-refractivity contribution in [2.24, 2.45) is 0 Å². The Kier molecular flexibility index (Phi) is 6.29. The summed E-state index contributed by atoms with van der Waals surface area (Å²) in [5.41, 5.74) is 0. The first-order chi connectivity index (χ1) is 8.60. The highest BCUT2D eigenvalue weighted by molar-refractivity contribution is 7.91. The van der Waals surface area contributed by atoms with Crippen molar-refractivity contribution in [1.29, 1.82) is 5.26 Å². The van der Waals surface area contributed by atoms with Crippen LogP contribution in [0.15, 0.2) is 16.3 Å². The highest BCUT2D eigenvalue weighted by Crippen LogP contribution is 2.20. The van der Waals surface area contributed by atoms with E-state index in [-0.39, 0.29) is 4.21 Å². The predicted molar refractivity (Wildman–Crippen MR) is 69.9 cm³/mol. The first kappa shape index (κ1) is 15.1. The quantitative estimate of drug-likeness (QED) is 0.739. The van der Waals surface area contributed by atoms with Crippen LogP contribution in [0.3, 0.4) is 0 Å². The van der Waals surface area contributed by atoms with E-state index in [0.717, 1.165) is 17.8 Å². The molecule has 1 heterocycles. The monoisotopic (exact) mass is 288 g/mol. The Balaban J connectivity index is 2.39. The van der Waals surface area contributed by atoms with Gasteiger partial charge in [-0.15, -0.1) is 11.3 Å². The molecule has 0 amide bonds. The maximum atomic E-state index is 11.8. The maximum Gasteiger partial charge on any atom is 0.250 e. The van der Waals surface area contributed by atoms with Gasteiger partial charge in [-0.1, -0.05) is 6.92 Å². The fourth-order valence-electron chi connectivity index (χ4n) is 1.22. The van der Waals surface area contributed by atoms with E-state index >= 15 is 0 Å². The minimum Gasteiger partial charge on any atom is -0.381 e. The number of ether oxygens (including phenoxy) is 1. The molecule has 0 aliphatic carbocycles. The fourth-order valence-corrected chi connectivity index (χ4v) is 3.44. The molecule has 5 nitrogen and oxygen atoms in total. The van der Waals surface area contributed by atoms with Gasteiger partial charge in [-0.25, -0.2) is 13.1 Å². The second-order valence-electron chi connectivity index (χ2n) is 3.59. The van der Waals surface area contributed by atoms with Crippen molar-refractivity contribution in [1.82, 2.24) is 4.72 Å². The zero-order chi connectivity index (χ0) is 13.4. The van der Waals surface area contributed by atoms with Gasteiger partial charge in [0.2, 0.25) is 10.0 Å². The number of thiophene rings is 1. The Morgan fingerprint density at radius 1 is 1.44 bits per heavy atom. The van der Waals surface area contributed by atoms with Gasteiger partial charge in [0.15, 0.2) is 0 Å². The minimum absolute atomic E-state index is 0.175. The van der Waals surface area contributed by atoms with Crippen LogP contribution < -0.4 is 4.72 Å². The maximum absolute atomic E-state index is 11.8. The number of nitriles is 1. The van der Waals surface area contributed by atoms with Gasteiger partial charge in [0.05, 0.1) is 0 Å². The van der Waals surface area contributed by atoms with Crippen molar-refractivity contribution >= 4 is 21.4 Å². The molecule has 0 saturated heterocycles. The van der Waals surface area contributed by atoms with E-state index in [4.69, 9.17) is 10.00 Å². The van der Waals surface area contributed by atoms with Crippen LogP contribution in [0.4, 0.5) is 0 Å². The third kappa shape index (κ3) is 4.74. The Labute approximate surface area is 111 Å². The zero-order valence-electron chi connectivity index (χ0n) is 10.2. The van der Waals surface area contributed by atoms with E-state index in [2.05, 4.69) is 4.72 Å². The molecule has 0 atom stereocenters. The number of hydrogen-bond donors (Lipinski definition) is 1. The lowest BCUT2D eigenvalue weighted by molar-refractivity contribution is 0.133. The van der Waals surface area contributed by atoms with Crippen molar-refractivity contribution in [3.63, 3.8) is 0 Å². The van der Waals surface area contributed by atoms with E-state index in [0.29, 0.717) is 31.1 Å². The Bertz CT molecular complexity index is 503. The number of nitrogens with zero attached hydrogens (tertiary/aromatic N) is 1. The van der Waals surface area contributed by atoms with Gasteiger partial charge < -0.3 is 4.74 Å². The van der Waals surface area contributed by atoms with Gasteiger partial charge in [-0.05, 0) is 25.0 Å². The summed E-state index contributed by atoms with van der Waals surface area (Å²) < 4.78 is 31.5. The van der Waals surface area contributed by atoms with Crippen molar-refractivity contribution in [3.05, 3.63) is 17.0 Å². The van der Waals surface area contributed by atoms with Crippen LogP contribution >= 0.6 is 11.3 Å². The molecule has 1 rings (SSSR count). The number of nitrogens with one attached hydrogen (secondary N) is 1. The second-order valence-corrected chi connectivity index (χ2v) is 6.67. The van der Waals surface area contributed by atoms with Crippen molar-refractivity contribution < 1.29 is 13.2 Å². The minimum atomic E-state index is -3.48. The summed E-state index contributed by atoms with van der Waals surface area (Å²) in [5, 5.41) is 8.64. The van der Waals surface area contributed by atoms with Crippen molar-refractivity contribution in [3.8, 4) is 6.07 Å². The Morgan fingerprint density at radius 2 is 2.22 bits per heavy atom. The van der Waals surface area contributed by atoms with Crippen LogP contribution in [0.5, 0.6) is 0 Å². The SMILES string of the molecule is CCCOCCCNS(=O)(=O)c1ccc(C#N)s1. The molecule has 0 fully saturated rings. The second kappa shape index (κ2) is 7.48. The molecule has 0 spiro atoms. The summed E-state index contributed by atoms with van der Waals surface area (Å²) in [7, 11) is -3.48. The van der Waals surface area contributed by atoms with E-state index < -0.39 is 10.0 Å². The van der Waals surface area contributed by atoms with Gasteiger partial charge in [0, 0.05) is 19.8 Å². The highest BCUT2D eigenvalue weighted by atomic mass is 32.2. The molecule has 0 unspecified atom stereocenters. The van der Waals surface area contributed by atoms with Gasteiger partial charge in [-0.2, -0.15) is 5.26 Å². The van der Waals surface area contributed by atoms with Gasteiger partial charge in [0.25, 0.3) is 0 Å². The van der Waals surface area contributed by atoms with Crippen LogP contribution in [0.2, 0.25) is 0 Å². The molecule has 0 saturated carbocycles. The number of hydrogen-bond acceptors (Lipinski definition) is 5. The molecule has 0 aliphatic heterocycles. The third-order valence-corrected chi connectivity index (χ3v) is 5.01. The first-order valence-corrected chi connectivity index (χ1v) is 7.97. The van der Waals surface area contributed by atoms with E-state index in [1.165, 1.54) is 12.1 Å². The van der Waals surface area contributed by atoms with Crippen molar-refractivity contribution in [2.45, 2.75) is 24.0 Å². The molecule has 7 heteroatoms. The standard InChI is InChI=1S/C11H16N2O3S2/c1-2-7-16-8-3-6-13-18(14,15)11-5-4-10(9-12)17-11/h4-5,13H,2-3,6-8H2,1H3. The molecule has 0 radical (unpaired) electrons. The van der Waals surface area contributed by atoms with E-state index in [9.17, 15) is 8.42 Å². The molecule has 18 heavy (non-hydrogen) atoms. The molecule has 100 valence electrons. The molecular formula is C11H16N2O3S2. The fraction of sp³-hybridized carbons (Fsp3) is 0.545. The van der Waals surface area contributed by atoms with E-state index in [1.54, 1.807) is 0 Å². The normalized spacial score (nSPS) is 11.3. The summed E-state index contributed by atoms with van der Waals surface area (Å²) in [6, 6.07) is 4.86. The Hall–Kier alpha value is -0.940. The topological polar surface area (TPSA) is 79.2 Å². The van der Waals surface area contributed by atoms with Crippen LogP contribution in [0.25, 0.3) is 0 Å².